The summed E-state index contributed by atoms with van der Waals surface area (Å²) in [6, 6.07) is 5.27. The Morgan fingerprint density at radius 3 is 3.12 bits per heavy atom. The van der Waals surface area contributed by atoms with Gasteiger partial charge >= 0.3 is 0 Å². The summed E-state index contributed by atoms with van der Waals surface area (Å²) in [7, 11) is -0.815. The molecule has 0 radical (unpaired) electrons. The van der Waals surface area contributed by atoms with Gasteiger partial charge in [-0.1, -0.05) is 0 Å². The molecule has 2 rings (SSSR count). The number of phenolic OH excluding ortho intramolecular Hbond substituents is 1. The SMILES string of the molecule is CC(CNC1COc2cc(O)ccc21)S(C)=O. The zero-order valence-corrected chi connectivity index (χ0v) is 10.8. The number of rotatable bonds is 4. The first-order valence-electron chi connectivity index (χ1n) is 5.59. The summed E-state index contributed by atoms with van der Waals surface area (Å²) in [5.74, 6) is 0.945. The van der Waals surface area contributed by atoms with Crippen LogP contribution in [-0.4, -0.2) is 34.0 Å². The van der Waals surface area contributed by atoms with E-state index in [9.17, 15) is 9.32 Å². The summed E-state index contributed by atoms with van der Waals surface area (Å²) in [4.78, 5) is 0. The predicted octanol–water partition coefficient (Wildman–Crippen LogP) is 1.18. The van der Waals surface area contributed by atoms with Gasteiger partial charge in [0.2, 0.25) is 0 Å². The summed E-state index contributed by atoms with van der Waals surface area (Å²) >= 11 is 0. The monoisotopic (exact) mass is 255 g/mol. The fraction of sp³-hybridized carbons (Fsp3) is 0.500. The highest BCUT2D eigenvalue weighted by Gasteiger charge is 2.24. The Hall–Kier alpha value is -1.07. The van der Waals surface area contributed by atoms with E-state index in [2.05, 4.69) is 5.32 Å². The maximum Gasteiger partial charge on any atom is 0.127 e. The van der Waals surface area contributed by atoms with Crippen LogP contribution in [0, 0.1) is 0 Å². The molecule has 5 heteroatoms. The zero-order chi connectivity index (χ0) is 12.4. The zero-order valence-electron chi connectivity index (χ0n) is 9.97. The minimum atomic E-state index is -0.815. The maximum atomic E-state index is 11.2. The lowest BCUT2D eigenvalue weighted by atomic mass is 10.1. The van der Waals surface area contributed by atoms with Gasteiger partial charge in [0.05, 0.1) is 6.04 Å². The molecule has 0 amide bonds. The Morgan fingerprint density at radius 1 is 1.65 bits per heavy atom. The minimum Gasteiger partial charge on any atom is -0.508 e. The standard InChI is InChI=1S/C12H17NO3S/c1-8(17(2)15)6-13-11-7-16-12-5-9(14)3-4-10(11)12/h3-5,8,11,13-14H,6-7H2,1-2H3. The van der Waals surface area contributed by atoms with E-state index in [1.54, 1.807) is 18.4 Å². The lowest BCUT2D eigenvalue weighted by molar-refractivity contribution is 0.311. The highest BCUT2D eigenvalue weighted by atomic mass is 32.2. The minimum absolute atomic E-state index is 0.121. The van der Waals surface area contributed by atoms with E-state index in [0.29, 0.717) is 13.2 Å². The number of fused-ring (bicyclic) bond motifs is 1. The number of ether oxygens (including phenoxy) is 1. The molecular formula is C12H17NO3S. The van der Waals surface area contributed by atoms with E-state index in [1.807, 2.05) is 13.0 Å². The number of hydrogen-bond donors (Lipinski definition) is 2. The molecule has 94 valence electrons. The summed E-state index contributed by atoms with van der Waals surface area (Å²) in [6.45, 7) is 3.20. The molecule has 0 bridgehead atoms. The molecule has 2 N–H and O–H groups in total. The van der Waals surface area contributed by atoms with Crippen LogP contribution < -0.4 is 10.1 Å². The average Bonchev–Trinajstić information content (AvgIpc) is 2.67. The van der Waals surface area contributed by atoms with Crippen molar-refractivity contribution in [1.82, 2.24) is 5.32 Å². The average molecular weight is 255 g/mol. The first-order valence-corrected chi connectivity index (χ1v) is 7.21. The molecule has 0 saturated heterocycles. The molecule has 1 aliphatic heterocycles. The molecule has 17 heavy (non-hydrogen) atoms. The predicted molar refractivity (Wildman–Crippen MR) is 67.9 cm³/mol. The molecule has 0 aliphatic carbocycles. The van der Waals surface area contributed by atoms with Gasteiger partial charge in [0.15, 0.2) is 0 Å². The molecule has 1 aliphatic rings. The highest BCUT2D eigenvalue weighted by molar-refractivity contribution is 7.84. The molecule has 3 unspecified atom stereocenters. The van der Waals surface area contributed by atoms with Gasteiger partial charge in [-0.05, 0) is 19.1 Å². The second-order valence-electron chi connectivity index (χ2n) is 4.30. The molecular weight excluding hydrogens is 238 g/mol. The van der Waals surface area contributed by atoms with Crippen LogP contribution in [0.4, 0.5) is 0 Å². The van der Waals surface area contributed by atoms with E-state index in [4.69, 9.17) is 4.74 Å². The van der Waals surface area contributed by atoms with E-state index in [-0.39, 0.29) is 17.0 Å². The number of aromatic hydroxyl groups is 1. The third kappa shape index (κ3) is 2.79. The summed E-state index contributed by atoms with van der Waals surface area (Å²) in [5.41, 5.74) is 1.05. The van der Waals surface area contributed by atoms with Crippen LogP contribution in [0.3, 0.4) is 0 Å². The lowest BCUT2D eigenvalue weighted by Gasteiger charge is -2.14. The van der Waals surface area contributed by atoms with Crippen molar-refractivity contribution >= 4 is 10.8 Å². The number of nitrogens with one attached hydrogen (secondary N) is 1. The molecule has 0 fully saturated rings. The van der Waals surface area contributed by atoms with Crippen LogP contribution in [0.5, 0.6) is 11.5 Å². The smallest absolute Gasteiger partial charge is 0.127 e. The molecule has 3 atom stereocenters. The van der Waals surface area contributed by atoms with Gasteiger partial charge < -0.3 is 15.2 Å². The first-order chi connectivity index (χ1) is 8.08. The molecule has 1 aromatic rings. The van der Waals surface area contributed by atoms with Crippen molar-refractivity contribution in [2.24, 2.45) is 0 Å². The van der Waals surface area contributed by atoms with E-state index in [1.165, 1.54) is 0 Å². The highest BCUT2D eigenvalue weighted by Crippen LogP contribution is 2.34. The van der Waals surface area contributed by atoms with Crippen molar-refractivity contribution in [1.29, 1.82) is 0 Å². The Balaban J connectivity index is 2.00. The second kappa shape index (κ2) is 5.06. The molecule has 1 aromatic carbocycles. The van der Waals surface area contributed by atoms with Crippen LogP contribution in [0.25, 0.3) is 0 Å². The van der Waals surface area contributed by atoms with Crippen molar-refractivity contribution in [2.75, 3.05) is 19.4 Å². The summed E-state index contributed by atoms with van der Waals surface area (Å²) in [5, 5.41) is 12.8. The fourth-order valence-electron chi connectivity index (χ4n) is 1.79. The normalized spacial score (nSPS) is 21.6. The fourth-order valence-corrected chi connectivity index (χ4v) is 2.12. The quantitative estimate of drug-likeness (QED) is 0.848. The van der Waals surface area contributed by atoms with Crippen molar-refractivity contribution in [3.63, 3.8) is 0 Å². The Labute approximate surface area is 103 Å². The van der Waals surface area contributed by atoms with Crippen LogP contribution in [-0.2, 0) is 10.8 Å². The van der Waals surface area contributed by atoms with Crippen molar-refractivity contribution in [3.05, 3.63) is 23.8 Å². The number of benzene rings is 1. The van der Waals surface area contributed by atoms with Crippen molar-refractivity contribution in [3.8, 4) is 11.5 Å². The van der Waals surface area contributed by atoms with Crippen LogP contribution in [0.1, 0.15) is 18.5 Å². The molecule has 0 spiro atoms. The summed E-state index contributed by atoms with van der Waals surface area (Å²) < 4.78 is 16.7. The molecule has 0 saturated carbocycles. The first kappa shape index (κ1) is 12.4. The van der Waals surface area contributed by atoms with Crippen LogP contribution in [0.15, 0.2) is 18.2 Å². The lowest BCUT2D eigenvalue weighted by Crippen LogP contribution is -2.31. The summed E-state index contributed by atoms with van der Waals surface area (Å²) in [6.07, 6.45) is 1.71. The van der Waals surface area contributed by atoms with Gasteiger partial charge in [-0.15, -0.1) is 0 Å². The second-order valence-corrected chi connectivity index (χ2v) is 6.11. The largest absolute Gasteiger partial charge is 0.508 e. The molecule has 1 heterocycles. The Morgan fingerprint density at radius 2 is 2.41 bits per heavy atom. The topological polar surface area (TPSA) is 58.6 Å². The van der Waals surface area contributed by atoms with Crippen LogP contribution in [0.2, 0.25) is 0 Å². The Bertz CT molecular complexity index is 436. The third-order valence-electron chi connectivity index (χ3n) is 3.00. The number of phenols is 1. The van der Waals surface area contributed by atoms with Gasteiger partial charge in [-0.2, -0.15) is 0 Å². The van der Waals surface area contributed by atoms with Crippen molar-refractivity contribution in [2.45, 2.75) is 18.2 Å². The molecule has 0 aromatic heterocycles. The maximum absolute atomic E-state index is 11.2. The van der Waals surface area contributed by atoms with Crippen molar-refractivity contribution < 1.29 is 14.1 Å². The van der Waals surface area contributed by atoms with Crippen LogP contribution >= 0.6 is 0 Å². The van der Waals surface area contributed by atoms with E-state index in [0.717, 1.165) is 11.3 Å². The van der Waals surface area contributed by atoms with Gasteiger partial charge in [0, 0.05) is 40.5 Å². The van der Waals surface area contributed by atoms with E-state index < -0.39 is 10.8 Å². The van der Waals surface area contributed by atoms with Gasteiger partial charge in [-0.3, -0.25) is 4.21 Å². The van der Waals surface area contributed by atoms with Gasteiger partial charge in [0.1, 0.15) is 18.1 Å². The Kier molecular flexibility index (Phi) is 3.69. The van der Waals surface area contributed by atoms with Gasteiger partial charge in [-0.25, -0.2) is 0 Å². The third-order valence-corrected chi connectivity index (χ3v) is 4.30. The molecule has 4 nitrogen and oxygen atoms in total. The number of hydrogen-bond acceptors (Lipinski definition) is 4. The van der Waals surface area contributed by atoms with Gasteiger partial charge in [0.25, 0.3) is 0 Å². The van der Waals surface area contributed by atoms with E-state index >= 15 is 0 Å².